The van der Waals surface area contributed by atoms with Gasteiger partial charge in [-0.15, -0.1) is 0 Å². The van der Waals surface area contributed by atoms with Crippen LogP contribution in [-0.4, -0.2) is 72.7 Å². The molecule has 1 aliphatic rings. The molecule has 5 N–H and O–H groups in total. The number of phosphoric ester groups is 1. The lowest BCUT2D eigenvalue weighted by molar-refractivity contribution is -0.0501. The van der Waals surface area contributed by atoms with Crippen LogP contribution < -0.4 is 5.73 Å². The number of ether oxygens (including phenoxy) is 1. The van der Waals surface area contributed by atoms with Crippen molar-refractivity contribution in [1.82, 2.24) is 19.5 Å². The first kappa shape index (κ1) is 21.5. The first-order chi connectivity index (χ1) is 13.1. The van der Waals surface area contributed by atoms with Crippen molar-refractivity contribution in [3.8, 4) is 0 Å². The van der Waals surface area contributed by atoms with Crippen molar-refractivity contribution in [2.24, 2.45) is 0 Å². The minimum Gasteiger partial charge on any atom is -0.387 e. The molecule has 3 rings (SSSR count). The van der Waals surface area contributed by atoms with E-state index >= 15 is 0 Å². The van der Waals surface area contributed by atoms with E-state index in [9.17, 15) is 19.7 Å². The number of hydrogen-bond donors (Lipinski definition) is 4. The highest BCUT2D eigenvalue weighted by molar-refractivity contribution is 7.98. The van der Waals surface area contributed by atoms with E-state index in [4.69, 9.17) is 19.4 Å². The number of nitrogen functional groups attached to an aromatic ring is 1. The quantitative estimate of drug-likeness (QED) is 0.201. The van der Waals surface area contributed by atoms with Gasteiger partial charge in [0.25, 0.3) is 0 Å². The van der Waals surface area contributed by atoms with Gasteiger partial charge in [-0.2, -0.15) is 0 Å². The van der Waals surface area contributed by atoms with Crippen LogP contribution in [0.15, 0.2) is 11.5 Å². The summed E-state index contributed by atoms with van der Waals surface area (Å²) in [4.78, 5) is 22.2. The highest BCUT2D eigenvalue weighted by atomic mass is 32.2. The summed E-state index contributed by atoms with van der Waals surface area (Å²) < 4.78 is 28.6. The van der Waals surface area contributed by atoms with E-state index in [1.54, 1.807) is 19.9 Å². The predicted octanol–water partition coefficient (Wildman–Crippen LogP) is 0.134. The summed E-state index contributed by atoms with van der Waals surface area (Å²) in [6, 6.07) is 0. The smallest absolute Gasteiger partial charge is 0.387 e. The fourth-order valence-corrected chi connectivity index (χ4v) is 4.05. The van der Waals surface area contributed by atoms with Crippen LogP contribution in [0.1, 0.15) is 6.23 Å². The molecule has 0 spiro atoms. The van der Waals surface area contributed by atoms with Crippen molar-refractivity contribution in [3.05, 3.63) is 6.33 Å². The van der Waals surface area contributed by atoms with Gasteiger partial charge in [-0.3, -0.25) is 9.09 Å². The van der Waals surface area contributed by atoms with E-state index in [2.05, 4.69) is 15.0 Å². The molecule has 154 valence electrons. The third-order valence-electron chi connectivity index (χ3n) is 3.97. The Morgan fingerprint density at radius 2 is 2.11 bits per heavy atom. The predicted molar refractivity (Wildman–Crippen MR) is 102 cm³/mol. The van der Waals surface area contributed by atoms with Crippen LogP contribution >= 0.6 is 19.6 Å². The molecule has 2 aromatic heterocycles. The van der Waals surface area contributed by atoms with E-state index in [1.807, 2.05) is 0 Å². The summed E-state index contributed by atoms with van der Waals surface area (Å²) in [6.45, 7) is 2.16. The molecular weight excluding hydrogens is 412 g/mol. The minimum atomic E-state index is -4.32. The zero-order chi connectivity index (χ0) is 20.6. The molecule has 5 atom stereocenters. The van der Waals surface area contributed by atoms with Gasteiger partial charge in [0, 0.05) is 0 Å². The standard InChI is InChI=1S/C13H21BN5O7PS/c1-14(2)26-27(22,23)24-4-6-8(20)9(21)12(25-6)19-5-16-7-10(15)17-13(28-3)18-11(7)19/h5-6,8-9,12,20-21H,4H2,1-3H3,(H,22,23)(H2,15,17,18)/t6-,8-,9-,12-/m1/s1. The molecule has 28 heavy (non-hydrogen) atoms. The highest BCUT2D eigenvalue weighted by Gasteiger charge is 2.45. The van der Waals surface area contributed by atoms with E-state index in [0.717, 1.165) is 0 Å². The maximum Gasteiger partial charge on any atom is 0.458 e. The molecule has 1 aliphatic heterocycles. The van der Waals surface area contributed by atoms with Crippen LogP contribution in [0.2, 0.25) is 13.6 Å². The van der Waals surface area contributed by atoms with E-state index in [1.165, 1.54) is 22.7 Å². The molecule has 0 aliphatic carbocycles. The zero-order valence-corrected chi connectivity index (χ0v) is 17.1. The Kier molecular flexibility index (Phi) is 6.32. The van der Waals surface area contributed by atoms with Crippen molar-refractivity contribution < 1.29 is 33.4 Å². The summed E-state index contributed by atoms with van der Waals surface area (Å²) in [5.74, 6) is 0.174. The Balaban J connectivity index is 1.80. The van der Waals surface area contributed by atoms with Crippen LogP contribution in [-0.2, 0) is 18.3 Å². The lowest BCUT2D eigenvalue weighted by atomic mass is 9.76. The molecule has 2 aromatic rings. The van der Waals surface area contributed by atoms with Crippen LogP contribution in [0.25, 0.3) is 11.2 Å². The van der Waals surface area contributed by atoms with E-state index in [0.29, 0.717) is 16.3 Å². The monoisotopic (exact) mass is 433 g/mol. The molecule has 0 radical (unpaired) electrons. The minimum absolute atomic E-state index is 0.174. The lowest BCUT2D eigenvalue weighted by Gasteiger charge is -2.18. The van der Waals surface area contributed by atoms with Gasteiger partial charge >= 0.3 is 14.7 Å². The molecule has 0 bridgehead atoms. The Labute approximate surface area is 165 Å². The number of aromatic nitrogens is 4. The van der Waals surface area contributed by atoms with Gasteiger partial charge in [0.15, 0.2) is 22.8 Å². The molecule has 1 fully saturated rings. The first-order valence-corrected chi connectivity index (χ1v) is 11.1. The number of aliphatic hydroxyl groups excluding tert-OH is 2. The Morgan fingerprint density at radius 1 is 1.39 bits per heavy atom. The highest BCUT2D eigenvalue weighted by Crippen LogP contribution is 2.45. The molecule has 0 amide bonds. The molecular formula is C13H21BN5O7PS. The third-order valence-corrected chi connectivity index (χ3v) is 5.68. The fraction of sp³-hybridized carbons (Fsp3) is 0.615. The normalized spacial score (nSPS) is 27.2. The van der Waals surface area contributed by atoms with Gasteiger partial charge in [0.05, 0.1) is 12.9 Å². The van der Waals surface area contributed by atoms with Crippen molar-refractivity contribution in [2.75, 3.05) is 18.6 Å². The van der Waals surface area contributed by atoms with Crippen molar-refractivity contribution >= 4 is 43.5 Å². The van der Waals surface area contributed by atoms with Gasteiger partial charge < -0.3 is 30.0 Å². The average Bonchev–Trinajstić information content (AvgIpc) is 3.14. The number of hydrogen-bond acceptors (Lipinski definition) is 11. The number of rotatable bonds is 7. The van der Waals surface area contributed by atoms with Crippen LogP contribution in [0.4, 0.5) is 5.82 Å². The SMILES string of the molecule is CSc1nc(N)c2ncn([C@@H]3O[C@H](COP(=O)(O)OB(C)C)[C@@H](O)[C@H]3O)c2n1. The van der Waals surface area contributed by atoms with Crippen molar-refractivity contribution in [2.45, 2.75) is 43.3 Å². The van der Waals surface area contributed by atoms with Gasteiger partial charge in [0.2, 0.25) is 0 Å². The number of aliphatic hydroxyl groups is 2. The summed E-state index contributed by atoms with van der Waals surface area (Å²) >= 11 is 1.28. The summed E-state index contributed by atoms with van der Waals surface area (Å²) in [5.41, 5.74) is 6.53. The molecule has 15 heteroatoms. The molecule has 12 nitrogen and oxygen atoms in total. The molecule has 1 unspecified atom stereocenters. The van der Waals surface area contributed by atoms with Crippen molar-refractivity contribution in [3.63, 3.8) is 0 Å². The Morgan fingerprint density at radius 3 is 2.75 bits per heavy atom. The van der Waals surface area contributed by atoms with Gasteiger partial charge in [-0.1, -0.05) is 25.4 Å². The average molecular weight is 433 g/mol. The second kappa shape index (κ2) is 8.24. The number of imidazole rings is 1. The lowest BCUT2D eigenvalue weighted by Crippen LogP contribution is -2.33. The number of phosphoric acid groups is 1. The number of fused-ring (bicyclic) bond motifs is 1. The Bertz CT molecular complexity index is 902. The fourth-order valence-electron chi connectivity index (χ4n) is 2.76. The Hall–Kier alpha value is -1.25. The molecule has 1 saturated heterocycles. The van der Waals surface area contributed by atoms with Gasteiger partial charge in [-0.05, 0) is 6.26 Å². The van der Waals surface area contributed by atoms with E-state index in [-0.39, 0.29) is 5.82 Å². The summed E-state index contributed by atoms with van der Waals surface area (Å²) in [6.07, 6.45) is -1.71. The summed E-state index contributed by atoms with van der Waals surface area (Å²) in [5, 5.41) is 21.1. The zero-order valence-electron chi connectivity index (χ0n) is 15.4. The number of nitrogens with two attached hydrogens (primary N) is 1. The maximum absolute atomic E-state index is 11.8. The summed E-state index contributed by atoms with van der Waals surface area (Å²) in [7, 11) is -4.32. The number of anilines is 1. The van der Waals surface area contributed by atoms with E-state index < -0.39 is 45.9 Å². The first-order valence-electron chi connectivity index (χ1n) is 8.34. The molecule has 3 heterocycles. The van der Waals surface area contributed by atoms with Crippen LogP contribution in [0.3, 0.4) is 0 Å². The maximum atomic E-state index is 11.8. The topological polar surface area (TPSA) is 175 Å². The van der Waals surface area contributed by atoms with Crippen molar-refractivity contribution in [1.29, 1.82) is 0 Å². The third kappa shape index (κ3) is 4.34. The van der Waals surface area contributed by atoms with Crippen LogP contribution in [0, 0.1) is 0 Å². The van der Waals surface area contributed by atoms with Crippen LogP contribution in [0.5, 0.6) is 0 Å². The number of thioether (sulfide) groups is 1. The molecule has 0 aromatic carbocycles. The largest absolute Gasteiger partial charge is 0.458 e. The van der Waals surface area contributed by atoms with Gasteiger partial charge in [-0.25, -0.2) is 19.5 Å². The molecule has 0 saturated carbocycles. The second-order valence-corrected chi connectivity index (χ2v) is 8.56. The number of nitrogens with zero attached hydrogens (tertiary/aromatic N) is 4. The second-order valence-electron chi connectivity index (χ2n) is 6.38. The van der Waals surface area contributed by atoms with Gasteiger partial charge in [0.1, 0.15) is 23.8 Å².